The number of rotatable bonds is 1. The lowest BCUT2D eigenvalue weighted by atomic mass is 10.2. The van der Waals surface area contributed by atoms with Crippen LogP contribution in [0.4, 0.5) is 0 Å². The molecule has 4 heteroatoms. The van der Waals surface area contributed by atoms with Crippen molar-refractivity contribution in [1.82, 2.24) is 9.55 Å². The minimum Gasteiger partial charge on any atom is -0.298 e. The van der Waals surface area contributed by atoms with Gasteiger partial charge in [-0.25, -0.2) is 4.98 Å². The zero-order valence-electron chi connectivity index (χ0n) is 7.70. The molecular weight excluding hydrogens is 200 g/mol. The van der Waals surface area contributed by atoms with Crippen LogP contribution in [0, 0.1) is 0 Å². The Labute approximate surface area is 86.0 Å². The first-order valence-corrected chi connectivity index (χ1v) is 4.78. The van der Waals surface area contributed by atoms with E-state index in [9.17, 15) is 4.79 Å². The normalized spacial score (nSPS) is 10.7. The molecule has 0 aliphatic heterocycles. The number of para-hydroxylation sites is 1. The van der Waals surface area contributed by atoms with Crippen LogP contribution in [0.3, 0.4) is 0 Å². The van der Waals surface area contributed by atoms with Gasteiger partial charge in [-0.15, -0.1) is 11.6 Å². The topological polar surface area (TPSA) is 34.9 Å². The third-order valence-corrected chi connectivity index (χ3v) is 2.43. The van der Waals surface area contributed by atoms with Gasteiger partial charge in [0.2, 0.25) is 0 Å². The van der Waals surface area contributed by atoms with Crippen LogP contribution in [0.15, 0.2) is 29.1 Å². The Hall–Kier alpha value is -1.35. The molecule has 1 heterocycles. The minimum atomic E-state index is -0.0498. The monoisotopic (exact) mass is 208 g/mol. The van der Waals surface area contributed by atoms with Crippen LogP contribution >= 0.6 is 11.6 Å². The number of hydrogen-bond acceptors (Lipinski definition) is 2. The Kier molecular flexibility index (Phi) is 2.25. The van der Waals surface area contributed by atoms with Gasteiger partial charge in [0.15, 0.2) is 0 Å². The highest BCUT2D eigenvalue weighted by atomic mass is 35.5. The van der Waals surface area contributed by atoms with E-state index in [1.54, 1.807) is 13.1 Å². The maximum absolute atomic E-state index is 11.8. The summed E-state index contributed by atoms with van der Waals surface area (Å²) < 4.78 is 1.48. The molecule has 14 heavy (non-hydrogen) atoms. The first-order chi connectivity index (χ1) is 6.74. The van der Waals surface area contributed by atoms with Gasteiger partial charge in [-0.1, -0.05) is 12.1 Å². The lowest BCUT2D eigenvalue weighted by Crippen LogP contribution is -2.21. The summed E-state index contributed by atoms with van der Waals surface area (Å²) in [6.07, 6.45) is 0. The fourth-order valence-electron chi connectivity index (χ4n) is 1.38. The van der Waals surface area contributed by atoms with E-state index >= 15 is 0 Å². The zero-order valence-corrected chi connectivity index (χ0v) is 8.45. The molecule has 0 unspecified atom stereocenters. The van der Waals surface area contributed by atoms with Gasteiger partial charge < -0.3 is 0 Å². The number of halogens is 1. The van der Waals surface area contributed by atoms with Crippen LogP contribution < -0.4 is 5.56 Å². The van der Waals surface area contributed by atoms with E-state index in [-0.39, 0.29) is 11.4 Å². The molecule has 0 radical (unpaired) electrons. The summed E-state index contributed by atoms with van der Waals surface area (Å²) in [5.74, 6) is 0.840. The fourth-order valence-corrected chi connectivity index (χ4v) is 1.62. The van der Waals surface area contributed by atoms with Crippen molar-refractivity contribution in [1.29, 1.82) is 0 Å². The Bertz CT molecular complexity index is 533. The molecule has 0 bridgehead atoms. The summed E-state index contributed by atoms with van der Waals surface area (Å²) in [4.78, 5) is 16.1. The second-order valence-corrected chi connectivity index (χ2v) is 3.31. The van der Waals surface area contributed by atoms with E-state index < -0.39 is 0 Å². The molecule has 72 valence electrons. The van der Waals surface area contributed by atoms with Crippen molar-refractivity contribution in [2.75, 3.05) is 0 Å². The smallest absolute Gasteiger partial charge is 0.261 e. The molecule has 2 rings (SSSR count). The number of nitrogens with zero attached hydrogens (tertiary/aromatic N) is 2. The first-order valence-electron chi connectivity index (χ1n) is 4.24. The molecule has 0 N–H and O–H groups in total. The number of aromatic nitrogens is 2. The highest BCUT2D eigenvalue weighted by molar-refractivity contribution is 6.16. The van der Waals surface area contributed by atoms with Gasteiger partial charge in [-0.05, 0) is 12.1 Å². The van der Waals surface area contributed by atoms with E-state index in [2.05, 4.69) is 4.98 Å². The summed E-state index contributed by atoms with van der Waals surface area (Å²) in [5.41, 5.74) is 0.650. The summed E-state index contributed by atoms with van der Waals surface area (Å²) >= 11 is 5.68. The van der Waals surface area contributed by atoms with Crippen LogP contribution in [-0.2, 0) is 12.9 Å². The van der Waals surface area contributed by atoms with Crippen LogP contribution in [0.1, 0.15) is 5.82 Å². The van der Waals surface area contributed by atoms with Crippen LogP contribution in [0.5, 0.6) is 0 Å². The van der Waals surface area contributed by atoms with E-state index in [0.717, 1.165) is 0 Å². The molecule has 1 aromatic carbocycles. The maximum Gasteiger partial charge on any atom is 0.261 e. The van der Waals surface area contributed by atoms with Gasteiger partial charge >= 0.3 is 0 Å². The maximum atomic E-state index is 11.8. The Balaban J connectivity index is 2.92. The zero-order chi connectivity index (χ0) is 10.1. The van der Waals surface area contributed by atoms with Gasteiger partial charge in [0.1, 0.15) is 5.82 Å². The van der Waals surface area contributed by atoms with Crippen LogP contribution in [0.25, 0.3) is 10.9 Å². The number of fused-ring (bicyclic) bond motifs is 1. The lowest BCUT2D eigenvalue weighted by Gasteiger charge is -2.05. The highest BCUT2D eigenvalue weighted by Gasteiger charge is 2.05. The Morgan fingerprint density at radius 2 is 2.14 bits per heavy atom. The fraction of sp³-hybridized carbons (Fsp3) is 0.200. The molecule has 0 fully saturated rings. The van der Waals surface area contributed by atoms with E-state index in [1.165, 1.54) is 4.57 Å². The number of hydrogen-bond donors (Lipinski definition) is 0. The van der Waals surface area contributed by atoms with Crippen molar-refractivity contribution in [2.45, 2.75) is 5.88 Å². The Morgan fingerprint density at radius 1 is 1.43 bits per heavy atom. The summed E-state index contributed by atoms with van der Waals surface area (Å²) in [5, 5.41) is 0.629. The number of benzene rings is 1. The van der Waals surface area contributed by atoms with Gasteiger partial charge in [0, 0.05) is 7.05 Å². The van der Waals surface area contributed by atoms with Crippen molar-refractivity contribution in [3.05, 3.63) is 40.4 Å². The first kappa shape index (κ1) is 9.21. The average Bonchev–Trinajstić information content (AvgIpc) is 2.23. The lowest BCUT2D eigenvalue weighted by molar-refractivity contribution is 0.783. The third kappa shape index (κ3) is 1.30. The highest BCUT2D eigenvalue weighted by Crippen LogP contribution is 2.07. The average molecular weight is 209 g/mol. The predicted molar refractivity (Wildman–Crippen MR) is 56.5 cm³/mol. The molecular formula is C10H9ClN2O. The summed E-state index contributed by atoms with van der Waals surface area (Å²) in [6.45, 7) is 0. The number of alkyl halides is 1. The second kappa shape index (κ2) is 3.42. The van der Waals surface area contributed by atoms with E-state index in [0.29, 0.717) is 16.7 Å². The Morgan fingerprint density at radius 3 is 2.86 bits per heavy atom. The summed E-state index contributed by atoms with van der Waals surface area (Å²) in [6, 6.07) is 7.26. The SMILES string of the molecule is Cn1c(CCl)nc2ccccc2c1=O. The van der Waals surface area contributed by atoms with Crippen molar-refractivity contribution in [2.24, 2.45) is 7.05 Å². The molecule has 3 nitrogen and oxygen atoms in total. The summed E-state index contributed by atoms with van der Waals surface area (Å²) in [7, 11) is 1.68. The minimum absolute atomic E-state index is 0.0498. The quantitative estimate of drug-likeness (QED) is 0.669. The van der Waals surface area contributed by atoms with Crippen LogP contribution in [0.2, 0.25) is 0 Å². The van der Waals surface area contributed by atoms with Gasteiger partial charge in [0.05, 0.1) is 16.8 Å². The standard InChI is InChI=1S/C10H9ClN2O/c1-13-9(6-11)12-8-5-3-2-4-7(8)10(13)14/h2-5H,6H2,1H3. The predicted octanol–water partition coefficient (Wildman–Crippen LogP) is 1.67. The van der Waals surface area contributed by atoms with E-state index in [1.807, 2.05) is 18.2 Å². The van der Waals surface area contributed by atoms with Gasteiger partial charge in [-0.2, -0.15) is 0 Å². The molecule has 0 spiro atoms. The largest absolute Gasteiger partial charge is 0.298 e. The van der Waals surface area contributed by atoms with Crippen molar-refractivity contribution >= 4 is 22.5 Å². The van der Waals surface area contributed by atoms with Crippen molar-refractivity contribution in [3.8, 4) is 0 Å². The van der Waals surface area contributed by atoms with Gasteiger partial charge in [-0.3, -0.25) is 9.36 Å². The van der Waals surface area contributed by atoms with Crippen molar-refractivity contribution < 1.29 is 0 Å². The molecule has 1 aromatic heterocycles. The van der Waals surface area contributed by atoms with E-state index in [4.69, 9.17) is 11.6 Å². The second-order valence-electron chi connectivity index (χ2n) is 3.04. The van der Waals surface area contributed by atoms with Crippen LogP contribution in [-0.4, -0.2) is 9.55 Å². The molecule has 0 aliphatic rings. The molecule has 0 saturated heterocycles. The third-order valence-electron chi connectivity index (χ3n) is 2.20. The molecule has 0 atom stereocenters. The molecule has 0 aliphatic carbocycles. The molecule has 0 amide bonds. The molecule has 0 saturated carbocycles. The van der Waals surface area contributed by atoms with Crippen molar-refractivity contribution in [3.63, 3.8) is 0 Å². The van der Waals surface area contributed by atoms with Gasteiger partial charge in [0.25, 0.3) is 5.56 Å². The molecule has 2 aromatic rings.